The van der Waals surface area contributed by atoms with Gasteiger partial charge in [-0.15, -0.1) is 0 Å². The first-order chi connectivity index (χ1) is 20.8. The topological polar surface area (TPSA) is 116 Å². The van der Waals surface area contributed by atoms with Gasteiger partial charge in [-0.05, 0) is 68.2 Å². The maximum absolute atomic E-state index is 14.8. The molecule has 10 nitrogen and oxygen atoms in total. The fourth-order valence-corrected chi connectivity index (χ4v) is 6.12. The van der Waals surface area contributed by atoms with Crippen LogP contribution in [0.3, 0.4) is 0 Å². The van der Waals surface area contributed by atoms with Gasteiger partial charge in [0.15, 0.2) is 22.8 Å². The number of halogens is 2. The number of nitrogens with zero attached hydrogens (tertiary/aromatic N) is 5. The van der Waals surface area contributed by atoms with Crippen molar-refractivity contribution in [2.45, 2.75) is 44.6 Å². The molecule has 5 aromatic rings. The number of likely N-dealkylation sites (tertiary alicyclic amines) is 1. The second kappa shape index (κ2) is 10.7. The Labute approximate surface area is 250 Å². The summed E-state index contributed by atoms with van der Waals surface area (Å²) in [6.45, 7) is 4.14. The van der Waals surface area contributed by atoms with Crippen molar-refractivity contribution in [1.82, 2.24) is 24.4 Å². The predicted octanol–water partition coefficient (Wildman–Crippen LogP) is 5.98. The summed E-state index contributed by atoms with van der Waals surface area (Å²) >= 11 is 5.96. The standard InChI is InChI=1S/C31H27ClFN5O5/c1-31(21-6-5-19(32)15-22(21)33)42-25-4-2-3-20(28(25)43-31)18-9-12-37(13-10-18)16-26-35-23-7-8-24(30(39)40)36-29(23)38(26)17-27-34-11-14-41-27/h2-8,11,14-15,18H,9-10,12-13,16-17H2,1H3,(H,39,40). The number of hydrogen-bond donors (Lipinski definition) is 1. The Morgan fingerprint density at radius 2 is 1.95 bits per heavy atom. The zero-order chi connectivity index (χ0) is 29.7. The van der Waals surface area contributed by atoms with E-state index >= 15 is 0 Å². The SMILES string of the molecule is CC1(c2ccc(Cl)cc2F)Oc2cccc(C3CCN(Cc4nc5ccc(C(=O)O)nc5n4Cc4ncco4)CC3)c2O1. The molecule has 2 aromatic carbocycles. The summed E-state index contributed by atoms with van der Waals surface area (Å²) in [7, 11) is 0. The maximum Gasteiger partial charge on any atom is 0.354 e. The summed E-state index contributed by atoms with van der Waals surface area (Å²) in [6, 6.07) is 13.4. The lowest BCUT2D eigenvalue weighted by Gasteiger charge is -2.32. The van der Waals surface area contributed by atoms with E-state index < -0.39 is 17.6 Å². The Kier molecular flexibility index (Phi) is 6.78. The minimum absolute atomic E-state index is 0.0510. The van der Waals surface area contributed by atoms with Crippen LogP contribution in [-0.2, 0) is 18.9 Å². The summed E-state index contributed by atoms with van der Waals surface area (Å²) in [5.74, 6) is -0.207. The summed E-state index contributed by atoms with van der Waals surface area (Å²) in [6.07, 6.45) is 4.80. The van der Waals surface area contributed by atoms with Crippen LogP contribution in [-0.4, -0.2) is 48.6 Å². The quantitative estimate of drug-likeness (QED) is 0.240. The van der Waals surface area contributed by atoms with Crippen LogP contribution in [0, 0.1) is 5.82 Å². The highest BCUT2D eigenvalue weighted by atomic mass is 35.5. The van der Waals surface area contributed by atoms with Crippen LogP contribution in [0.4, 0.5) is 4.39 Å². The van der Waals surface area contributed by atoms with E-state index in [0.717, 1.165) is 37.3 Å². The minimum Gasteiger partial charge on any atom is -0.477 e. The molecule has 43 heavy (non-hydrogen) atoms. The highest BCUT2D eigenvalue weighted by molar-refractivity contribution is 6.30. The molecule has 12 heteroatoms. The van der Waals surface area contributed by atoms with Gasteiger partial charge in [0.2, 0.25) is 5.89 Å². The van der Waals surface area contributed by atoms with E-state index in [1.165, 1.54) is 18.4 Å². The number of benzene rings is 2. The first-order valence-electron chi connectivity index (χ1n) is 13.9. The van der Waals surface area contributed by atoms with E-state index in [1.807, 2.05) is 22.8 Å². The van der Waals surface area contributed by atoms with Crippen molar-refractivity contribution in [3.05, 3.63) is 100 Å². The molecular weight excluding hydrogens is 577 g/mol. The smallest absolute Gasteiger partial charge is 0.354 e. The number of aromatic carboxylic acids is 1. The molecule has 220 valence electrons. The van der Waals surface area contributed by atoms with Crippen molar-refractivity contribution in [2.24, 2.45) is 0 Å². The molecule has 1 unspecified atom stereocenters. The highest BCUT2D eigenvalue weighted by Crippen LogP contribution is 2.49. The Hall–Kier alpha value is -4.48. The van der Waals surface area contributed by atoms with E-state index in [0.29, 0.717) is 40.1 Å². The van der Waals surface area contributed by atoms with Crippen molar-refractivity contribution in [1.29, 1.82) is 0 Å². The minimum atomic E-state index is -1.30. The predicted molar refractivity (Wildman–Crippen MR) is 154 cm³/mol. The third-order valence-corrected chi connectivity index (χ3v) is 8.33. The summed E-state index contributed by atoms with van der Waals surface area (Å²) in [4.78, 5) is 27.3. The fraction of sp³-hybridized carbons (Fsp3) is 0.290. The van der Waals surface area contributed by atoms with Crippen LogP contribution in [0.5, 0.6) is 11.5 Å². The van der Waals surface area contributed by atoms with Crippen molar-refractivity contribution < 1.29 is 28.2 Å². The molecule has 1 fully saturated rings. The highest BCUT2D eigenvalue weighted by Gasteiger charge is 2.43. The average molecular weight is 604 g/mol. The van der Waals surface area contributed by atoms with Crippen LogP contribution in [0.1, 0.15) is 59.0 Å². The second-order valence-corrected chi connectivity index (χ2v) is 11.3. The number of carbonyl (C=O) groups is 1. The van der Waals surface area contributed by atoms with Gasteiger partial charge in [0.05, 0.1) is 18.3 Å². The Balaban J connectivity index is 1.09. The van der Waals surface area contributed by atoms with Crippen LogP contribution < -0.4 is 9.47 Å². The summed E-state index contributed by atoms with van der Waals surface area (Å²) in [5.41, 5.74) is 2.35. The first kappa shape index (κ1) is 27.4. The third-order valence-electron chi connectivity index (χ3n) is 8.09. The lowest BCUT2D eigenvalue weighted by molar-refractivity contribution is -0.0712. The average Bonchev–Trinajstić information content (AvgIpc) is 3.71. The van der Waals surface area contributed by atoms with Crippen LogP contribution >= 0.6 is 11.6 Å². The molecule has 0 amide bonds. The number of oxazole rings is 1. The summed E-state index contributed by atoms with van der Waals surface area (Å²) in [5, 5.41) is 9.78. The van der Waals surface area contributed by atoms with E-state index in [2.05, 4.69) is 14.9 Å². The molecule has 1 atom stereocenters. The molecule has 5 heterocycles. The van der Waals surface area contributed by atoms with Gasteiger partial charge >= 0.3 is 5.97 Å². The number of fused-ring (bicyclic) bond motifs is 2. The molecule has 7 rings (SSSR count). The van der Waals surface area contributed by atoms with E-state index in [1.54, 1.807) is 31.3 Å². The fourth-order valence-electron chi connectivity index (χ4n) is 5.96. The van der Waals surface area contributed by atoms with E-state index in [9.17, 15) is 14.3 Å². The van der Waals surface area contributed by atoms with Gasteiger partial charge in [-0.25, -0.2) is 24.1 Å². The zero-order valence-corrected chi connectivity index (χ0v) is 23.9. The van der Waals surface area contributed by atoms with Crippen LogP contribution in [0.25, 0.3) is 11.2 Å². The lowest BCUT2D eigenvalue weighted by Crippen LogP contribution is -2.34. The molecule has 2 aliphatic heterocycles. The molecule has 1 N–H and O–H groups in total. The normalized spacial score (nSPS) is 18.9. The van der Waals surface area contributed by atoms with Crippen LogP contribution in [0.15, 0.2) is 65.4 Å². The maximum atomic E-state index is 14.8. The van der Waals surface area contributed by atoms with Gasteiger partial charge in [0.1, 0.15) is 30.0 Å². The number of ether oxygens (including phenoxy) is 2. The Bertz CT molecular complexity index is 1840. The Morgan fingerprint density at radius 3 is 2.70 bits per heavy atom. The molecule has 0 bridgehead atoms. The van der Waals surface area contributed by atoms with Crippen molar-refractivity contribution in [2.75, 3.05) is 13.1 Å². The number of carboxylic acid groups (broad SMARTS) is 1. The molecule has 2 aliphatic rings. The van der Waals surface area contributed by atoms with Gasteiger partial charge in [-0.1, -0.05) is 23.7 Å². The number of imidazole rings is 1. The molecule has 0 saturated carbocycles. The number of pyridine rings is 1. The van der Waals surface area contributed by atoms with Crippen molar-refractivity contribution in [3.63, 3.8) is 0 Å². The molecule has 1 saturated heterocycles. The van der Waals surface area contributed by atoms with Gasteiger partial charge in [-0.2, -0.15) is 0 Å². The van der Waals surface area contributed by atoms with Crippen molar-refractivity contribution in [3.8, 4) is 11.5 Å². The zero-order valence-electron chi connectivity index (χ0n) is 23.2. The largest absolute Gasteiger partial charge is 0.477 e. The van der Waals surface area contributed by atoms with E-state index in [-0.39, 0.29) is 23.7 Å². The number of para-hydroxylation sites is 1. The molecule has 0 spiro atoms. The molecule has 0 radical (unpaired) electrons. The van der Waals surface area contributed by atoms with Gasteiger partial charge < -0.3 is 23.6 Å². The first-order valence-corrected chi connectivity index (χ1v) is 14.3. The third kappa shape index (κ3) is 5.08. The van der Waals surface area contributed by atoms with Crippen LogP contribution in [0.2, 0.25) is 5.02 Å². The molecule has 3 aromatic heterocycles. The number of rotatable bonds is 7. The van der Waals surface area contributed by atoms with Gasteiger partial charge in [-0.3, -0.25) is 4.90 Å². The lowest BCUT2D eigenvalue weighted by atomic mass is 9.88. The number of aromatic nitrogens is 4. The number of piperidine rings is 1. The number of hydrogen-bond acceptors (Lipinski definition) is 8. The summed E-state index contributed by atoms with van der Waals surface area (Å²) < 4.78 is 34.6. The van der Waals surface area contributed by atoms with Crippen molar-refractivity contribution >= 4 is 28.7 Å². The van der Waals surface area contributed by atoms with Gasteiger partial charge in [0.25, 0.3) is 5.79 Å². The molecular formula is C31H27ClFN5O5. The van der Waals surface area contributed by atoms with E-state index in [4.69, 9.17) is 30.5 Å². The monoisotopic (exact) mass is 603 g/mol. The second-order valence-electron chi connectivity index (χ2n) is 10.9. The Morgan fingerprint density at radius 1 is 1.12 bits per heavy atom. The molecule has 0 aliphatic carbocycles. The number of carboxylic acids is 1. The van der Waals surface area contributed by atoms with Gasteiger partial charge in [0, 0.05) is 17.5 Å².